The van der Waals surface area contributed by atoms with Crippen LogP contribution in [-0.4, -0.2) is 80.4 Å². The van der Waals surface area contributed by atoms with Gasteiger partial charge >= 0.3 is 6.09 Å². The van der Waals surface area contributed by atoms with E-state index >= 15 is 0 Å². The smallest absolute Gasteiger partial charge is 0.408 e. The minimum atomic E-state index is -0.777. The molecule has 1 aliphatic heterocycles. The zero-order chi connectivity index (χ0) is 20.4. The summed E-state index contributed by atoms with van der Waals surface area (Å²) in [7, 11) is 0. The number of nitrogens with one attached hydrogen (secondary N) is 3. The number of hydrogen-bond donors (Lipinski definition) is 3. The number of hydrogen-bond acceptors (Lipinski definition) is 6. The third-order valence-corrected chi connectivity index (χ3v) is 3.90. The van der Waals surface area contributed by atoms with Crippen LogP contribution >= 0.6 is 0 Å². The molecule has 0 aromatic rings. The Morgan fingerprint density at radius 2 is 1.74 bits per heavy atom. The molecule has 9 nitrogen and oxygen atoms in total. The van der Waals surface area contributed by atoms with Gasteiger partial charge in [-0.3, -0.25) is 14.5 Å². The summed E-state index contributed by atoms with van der Waals surface area (Å²) in [6, 6.07) is -0.777. The van der Waals surface area contributed by atoms with Gasteiger partial charge in [-0.15, -0.1) is 0 Å². The average molecular weight is 386 g/mol. The van der Waals surface area contributed by atoms with E-state index in [2.05, 4.69) is 20.9 Å². The fraction of sp³-hybridized carbons (Fsp3) is 0.833. The van der Waals surface area contributed by atoms with E-state index in [9.17, 15) is 14.4 Å². The molecule has 0 saturated carbocycles. The lowest BCUT2D eigenvalue weighted by atomic mass is 10.0. The lowest BCUT2D eigenvalue weighted by Gasteiger charge is -2.26. The quantitative estimate of drug-likeness (QED) is 0.546. The number of rotatable bonds is 8. The van der Waals surface area contributed by atoms with Crippen LogP contribution in [0.25, 0.3) is 0 Å². The molecule has 3 amide bonds. The molecule has 0 aromatic carbocycles. The molecule has 0 aliphatic carbocycles. The molecule has 0 radical (unpaired) electrons. The van der Waals surface area contributed by atoms with Crippen LogP contribution in [-0.2, 0) is 19.1 Å². The normalized spacial score (nSPS) is 16.5. The van der Waals surface area contributed by atoms with E-state index in [4.69, 9.17) is 9.47 Å². The van der Waals surface area contributed by atoms with Gasteiger partial charge in [0.05, 0.1) is 19.8 Å². The van der Waals surface area contributed by atoms with Crippen LogP contribution in [0.3, 0.4) is 0 Å². The van der Waals surface area contributed by atoms with Crippen LogP contribution in [0.15, 0.2) is 0 Å². The Hall–Kier alpha value is -1.87. The number of alkyl carbamates (subject to hydrolysis) is 1. The Morgan fingerprint density at radius 3 is 2.30 bits per heavy atom. The Morgan fingerprint density at radius 1 is 1.11 bits per heavy atom. The van der Waals surface area contributed by atoms with Crippen LogP contribution in [0.5, 0.6) is 0 Å². The van der Waals surface area contributed by atoms with E-state index in [1.165, 1.54) is 0 Å². The van der Waals surface area contributed by atoms with Crippen LogP contribution in [0.1, 0.15) is 34.6 Å². The minimum Gasteiger partial charge on any atom is -0.444 e. The zero-order valence-corrected chi connectivity index (χ0v) is 17.1. The van der Waals surface area contributed by atoms with E-state index in [-0.39, 0.29) is 18.4 Å². The first-order valence-electron chi connectivity index (χ1n) is 9.42. The lowest BCUT2D eigenvalue weighted by Crippen LogP contribution is -2.52. The van der Waals surface area contributed by atoms with Crippen molar-refractivity contribution in [3.05, 3.63) is 0 Å². The van der Waals surface area contributed by atoms with E-state index in [0.717, 1.165) is 19.6 Å². The number of carbonyl (C=O) groups is 3. The summed E-state index contributed by atoms with van der Waals surface area (Å²) in [4.78, 5) is 38.4. The van der Waals surface area contributed by atoms with Gasteiger partial charge in [0.2, 0.25) is 11.8 Å². The second-order valence-corrected chi connectivity index (χ2v) is 7.89. The maximum atomic E-state index is 12.3. The zero-order valence-electron chi connectivity index (χ0n) is 17.1. The van der Waals surface area contributed by atoms with Gasteiger partial charge in [0.15, 0.2) is 0 Å². The summed E-state index contributed by atoms with van der Waals surface area (Å²) < 4.78 is 10.5. The van der Waals surface area contributed by atoms with Crippen molar-refractivity contribution >= 4 is 17.9 Å². The van der Waals surface area contributed by atoms with Crippen LogP contribution in [0, 0.1) is 5.92 Å². The second kappa shape index (κ2) is 11.1. The summed E-state index contributed by atoms with van der Waals surface area (Å²) in [5, 5.41) is 7.90. The molecule has 1 atom stereocenters. The van der Waals surface area contributed by atoms with Gasteiger partial charge < -0.3 is 25.4 Å². The first kappa shape index (κ1) is 23.2. The van der Waals surface area contributed by atoms with Gasteiger partial charge in [-0.25, -0.2) is 4.79 Å². The summed E-state index contributed by atoms with van der Waals surface area (Å²) in [6.07, 6.45) is -0.661. The molecule has 1 heterocycles. The molecule has 0 aromatic heterocycles. The Bertz CT molecular complexity index is 498. The third kappa shape index (κ3) is 10.1. The van der Waals surface area contributed by atoms with Crippen molar-refractivity contribution in [3.8, 4) is 0 Å². The van der Waals surface area contributed by atoms with Crippen molar-refractivity contribution in [3.63, 3.8) is 0 Å². The summed E-state index contributed by atoms with van der Waals surface area (Å²) in [5.41, 5.74) is -0.650. The summed E-state index contributed by atoms with van der Waals surface area (Å²) in [6.45, 7) is 13.1. The molecule has 3 N–H and O–H groups in total. The predicted octanol–water partition coefficient (Wildman–Crippen LogP) is 0.100. The molecular weight excluding hydrogens is 352 g/mol. The fourth-order valence-electron chi connectivity index (χ4n) is 2.49. The monoisotopic (exact) mass is 386 g/mol. The first-order chi connectivity index (χ1) is 12.6. The highest BCUT2D eigenvalue weighted by Crippen LogP contribution is 2.08. The van der Waals surface area contributed by atoms with Crippen LogP contribution < -0.4 is 16.0 Å². The Balaban J connectivity index is 2.33. The molecular formula is C18H34N4O5. The number of amides is 3. The standard InChI is InChI=1S/C18H34N4O5/c1-13(2)15(21-17(25)27-18(3,4)5)16(24)20-12-14(23)19-6-7-22-8-10-26-11-9-22/h13,15H,6-12H2,1-5H3,(H,19,23)(H,20,24)(H,21,25). The lowest BCUT2D eigenvalue weighted by molar-refractivity contribution is -0.128. The van der Waals surface area contributed by atoms with Crippen LogP contribution in [0.4, 0.5) is 4.79 Å². The average Bonchev–Trinajstić information content (AvgIpc) is 2.56. The predicted molar refractivity (Wildman–Crippen MR) is 101 cm³/mol. The molecule has 0 spiro atoms. The molecule has 27 heavy (non-hydrogen) atoms. The summed E-state index contributed by atoms with van der Waals surface area (Å²) >= 11 is 0. The Labute approximate surface area is 161 Å². The van der Waals surface area contributed by atoms with Crippen molar-refractivity contribution in [1.29, 1.82) is 0 Å². The van der Waals surface area contributed by atoms with Gasteiger partial charge in [-0.05, 0) is 26.7 Å². The topological polar surface area (TPSA) is 109 Å². The number of morpholine rings is 1. The molecule has 1 fully saturated rings. The minimum absolute atomic E-state index is 0.138. The van der Waals surface area contributed by atoms with Crippen molar-refractivity contribution in [2.75, 3.05) is 45.9 Å². The molecule has 1 unspecified atom stereocenters. The highest BCUT2D eigenvalue weighted by molar-refractivity contribution is 5.89. The fourth-order valence-corrected chi connectivity index (χ4v) is 2.49. The van der Waals surface area contributed by atoms with Gasteiger partial charge in [0.1, 0.15) is 11.6 Å². The van der Waals surface area contributed by atoms with Gasteiger partial charge in [-0.1, -0.05) is 13.8 Å². The summed E-state index contributed by atoms with van der Waals surface area (Å²) in [5.74, 6) is -0.836. The number of carbonyl (C=O) groups excluding carboxylic acids is 3. The molecule has 156 valence electrons. The van der Waals surface area contributed by atoms with Crippen molar-refractivity contribution in [2.45, 2.75) is 46.3 Å². The largest absolute Gasteiger partial charge is 0.444 e. The van der Waals surface area contributed by atoms with Gasteiger partial charge in [-0.2, -0.15) is 0 Å². The van der Waals surface area contributed by atoms with E-state index in [1.807, 2.05) is 13.8 Å². The number of ether oxygens (including phenoxy) is 2. The van der Waals surface area contributed by atoms with Crippen molar-refractivity contribution in [2.24, 2.45) is 5.92 Å². The van der Waals surface area contributed by atoms with E-state index < -0.39 is 23.6 Å². The van der Waals surface area contributed by atoms with Crippen molar-refractivity contribution in [1.82, 2.24) is 20.9 Å². The maximum absolute atomic E-state index is 12.3. The molecule has 9 heteroatoms. The number of nitrogens with zero attached hydrogens (tertiary/aromatic N) is 1. The van der Waals surface area contributed by atoms with E-state index in [0.29, 0.717) is 19.8 Å². The van der Waals surface area contributed by atoms with Gasteiger partial charge in [0.25, 0.3) is 0 Å². The van der Waals surface area contributed by atoms with Crippen molar-refractivity contribution < 1.29 is 23.9 Å². The van der Waals surface area contributed by atoms with Gasteiger partial charge in [0, 0.05) is 26.2 Å². The molecule has 0 bridgehead atoms. The van der Waals surface area contributed by atoms with E-state index in [1.54, 1.807) is 20.8 Å². The Kier molecular flexibility index (Phi) is 9.51. The molecule has 1 aliphatic rings. The highest BCUT2D eigenvalue weighted by Gasteiger charge is 2.27. The third-order valence-electron chi connectivity index (χ3n) is 3.90. The molecule has 1 saturated heterocycles. The van der Waals surface area contributed by atoms with Crippen LogP contribution in [0.2, 0.25) is 0 Å². The maximum Gasteiger partial charge on any atom is 0.408 e. The second-order valence-electron chi connectivity index (χ2n) is 7.89. The first-order valence-corrected chi connectivity index (χ1v) is 9.42. The SMILES string of the molecule is CC(C)C(NC(=O)OC(C)(C)C)C(=O)NCC(=O)NCCN1CCOCC1. The highest BCUT2D eigenvalue weighted by atomic mass is 16.6. The molecule has 1 rings (SSSR count).